The molecule has 4 heteroatoms. The van der Waals surface area contributed by atoms with Crippen LogP contribution in [0, 0.1) is 5.82 Å². The fraction of sp³-hybridized carbons (Fsp3) is 0. The van der Waals surface area contributed by atoms with Crippen molar-refractivity contribution in [2.45, 2.75) is 0 Å². The predicted octanol–water partition coefficient (Wildman–Crippen LogP) is 3.42. The Bertz CT molecular complexity index is 544. The van der Waals surface area contributed by atoms with E-state index in [2.05, 4.69) is 0 Å². The zero-order chi connectivity index (χ0) is 12.4. The lowest BCUT2D eigenvalue weighted by molar-refractivity contribution is 0.103. The van der Waals surface area contributed by atoms with Crippen molar-refractivity contribution in [2.24, 2.45) is 0 Å². The van der Waals surface area contributed by atoms with Crippen LogP contribution in [0.1, 0.15) is 15.9 Å². The molecule has 0 aliphatic heterocycles. The van der Waals surface area contributed by atoms with Gasteiger partial charge in [0.15, 0.2) is 5.78 Å². The third kappa shape index (κ3) is 2.29. The van der Waals surface area contributed by atoms with Crippen LogP contribution in [0.15, 0.2) is 42.5 Å². The van der Waals surface area contributed by atoms with Gasteiger partial charge in [0.1, 0.15) is 11.6 Å². The summed E-state index contributed by atoms with van der Waals surface area (Å²) in [4.78, 5) is 12.0. The largest absolute Gasteiger partial charge is 0.507 e. The number of carbonyl (C=O) groups is 1. The van der Waals surface area contributed by atoms with Gasteiger partial charge in [0, 0.05) is 11.6 Å². The molecule has 0 aromatic heterocycles. The monoisotopic (exact) mass is 250 g/mol. The van der Waals surface area contributed by atoms with Gasteiger partial charge < -0.3 is 5.11 Å². The summed E-state index contributed by atoms with van der Waals surface area (Å²) >= 11 is 5.76. The molecule has 2 aromatic carbocycles. The molecule has 0 amide bonds. The maximum Gasteiger partial charge on any atom is 0.198 e. The molecule has 0 unspecified atom stereocenters. The standard InChI is InChI=1S/C13H8ClFO2/c14-10-6-9(15)7-11(16)12(10)13(17)8-4-2-1-3-5-8/h1-7,16H. The summed E-state index contributed by atoms with van der Waals surface area (Å²) < 4.78 is 12.9. The average molecular weight is 251 g/mol. The first-order valence-electron chi connectivity index (χ1n) is 4.87. The van der Waals surface area contributed by atoms with Crippen molar-refractivity contribution >= 4 is 17.4 Å². The minimum Gasteiger partial charge on any atom is -0.507 e. The highest BCUT2D eigenvalue weighted by Crippen LogP contribution is 2.29. The molecule has 0 spiro atoms. The molecule has 17 heavy (non-hydrogen) atoms. The summed E-state index contributed by atoms with van der Waals surface area (Å²) in [5.74, 6) is -1.57. The van der Waals surface area contributed by atoms with Crippen LogP contribution in [0.5, 0.6) is 5.75 Å². The van der Waals surface area contributed by atoms with Crippen LogP contribution in [-0.2, 0) is 0 Å². The quantitative estimate of drug-likeness (QED) is 0.830. The smallest absolute Gasteiger partial charge is 0.198 e. The van der Waals surface area contributed by atoms with E-state index in [9.17, 15) is 14.3 Å². The second-order valence-corrected chi connectivity index (χ2v) is 3.88. The number of hydrogen-bond donors (Lipinski definition) is 1. The number of hydrogen-bond acceptors (Lipinski definition) is 2. The molecule has 1 N–H and O–H groups in total. The highest BCUT2D eigenvalue weighted by molar-refractivity contribution is 6.35. The van der Waals surface area contributed by atoms with Crippen molar-refractivity contribution in [1.82, 2.24) is 0 Å². The zero-order valence-electron chi connectivity index (χ0n) is 8.65. The molecule has 0 heterocycles. The van der Waals surface area contributed by atoms with Gasteiger partial charge in [-0.2, -0.15) is 0 Å². The summed E-state index contributed by atoms with van der Waals surface area (Å²) in [6.07, 6.45) is 0. The minimum absolute atomic E-state index is 0.0840. The van der Waals surface area contributed by atoms with E-state index in [0.717, 1.165) is 12.1 Å². The maximum absolute atomic E-state index is 12.9. The lowest BCUT2D eigenvalue weighted by atomic mass is 10.0. The molecular weight excluding hydrogens is 243 g/mol. The van der Waals surface area contributed by atoms with Gasteiger partial charge in [-0.3, -0.25) is 4.79 Å². The van der Waals surface area contributed by atoms with Crippen LogP contribution in [0.3, 0.4) is 0 Å². The Balaban J connectivity index is 2.52. The van der Waals surface area contributed by atoms with Crippen molar-refractivity contribution < 1.29 is 14.3 Å². The van der Waals surface area contributed by atoms with Gasteiger partial charge in [0.2, 0.25) is 0 Å². The predicted molar refractivity (Wildman–Crippen MR) is 62.9 cm³/mol. The number of carbonyl (C=O) groups excluding carboxylic acids is 1. The van der Waals surface area contributed by atoms with Crippen LogP contribution in [0.25, 0.3) is 0 Å². The van der Waals surface area contributed by atoms with Crippen LogP contribution >= 0.6 is 11.6 Å². The van der Waals surface area contributed by atoms with Crippen LogP contribution < -0.4 is 0 Å². The van der Waals surface area contributed by atoms with E-state index in [1.807, 2.05) is 0 Å². The Hall–Kier alpha value is -1.87. The Morgan fingerprint density at radius 3 is 2.41 bits per heavy atom. The zero-order valence-corrected chi connectivity index (χ0v) is 9.41. The first kappa shape index (κ1) is 11.6. The lowest BCUT2D eigenvalue weighted by Crippen LogP contribution is -2.02. The fourth-order valence-corrected chi connectivity index (χ4v) is 1.81. The van der Waals surface area contributed by atoms with Crippen molar-refractivity contribution in [2.75, 3.05) is 0 Å². The lowest BCUT2D eigenvalue weighted by Gasteiger charge is -2.06. The van der Waals surface area contributed by atoms with E-state index in [-0.39, 0.29) is 10.6 Å². The number of benzene rings is 2. The first-order valence-corrected chi connectivity index (χ1v) is 5.25. The molecule has 0 bridgehead atoms. The van der Waals surface area contributed by atoms with Crippen molar-refractivity contribution in [3.05, 3.63) is 64.4 Å². The van der Waals surface area contributed by atoms with Gasteiger partial charge in [-0.1, -0.05) is 41.9 Å². The van der Waals surface area contributed by atoms with Gasteiger partial charge in [0.25, 0.3) is 0 Å². The molecule has 86 valence electrons. The van der Waals surface area contributed by atoms with Crippen LogP contribution in [-0.4, -0.2) is 10.9 Å². The van der Waals surface area contributed by atoms with Crippen LogP contribution in [0.2, 0.25) is 5.02 Å². The van der Waals surface area contributed by atoms with E-state index < -0.39 is 17.3 Å². The number of phenolic OH excluding ortho intramolecular Hbond substituents is 1. The Morgan fingerprint density at radius 1 is 1.18 bits per heavy atom. The van der Waals surface area contributed by atoms with Crippen molar-refractivity contribution in [3.8, 4) is 5.75 Å². The molecule has 2 nitrogen and oxygen atoms in total. The van der Waals surface area contributed by atoms with Crippen molar-refractivity contribution in [3.63, 3.8) is 0 Å². The topological polar surface area (TPSA) is 37.3 Å². The molecule has 0 aliphatic rings. The minimum atomic E-state index is -0.683. The number of ketones is 1. The van der Waals surface area contributed by atoms with Gasteiger partial charge in [-0.25, -0.2) is 4.39 Å². The summed E-state index contributed by atoms with van der Waals surface area (Å²) in [6.45, 7) is 0. The fourth-order valence-electron chi connectivity index (χ4n) is 1.52. The number of rotatable bonds is 2. The van der Waals surface area contributed by atoms with Gasteiger partial charge in [-0.05, 0) is 6.07 Å². The summed E-state index contributed by atoms with van der Waals surface area (Å²) in [7, 11) is 0. The molecule has 0 saturated carbocycles. The van der Waals surface area contributed by atoms with E-state index in [0.29, 0.717) is 5.56 Å². The summed E-state index contributed by atoms with van der Waals surface area (Å²) in [6, 6.07) is 10.2. The van der Waals surface area contributed by atoms with E-state index in [1.54, 1.807) is 30.3 Å². The maximum atomic E-state index is 12.9. The number of aromatic hydroxyl groups is 1. The summed E-state index contributed by atoms with van der Waals surface area (Å²) in [5.41, 5.74) is 0.301. The molecule has 2 aromatic rings. The Morgan fingerprint density at radius 2 is 1.82 bits per heavy atom. The molecule has 0 fully saturated rings. The third-order valence-corrected chi connectivity index (χ3v) is 2.60. The number of phenols is 1. The van der Waals surface area contributed by atoms with Gasteiger partial charge in [-0.15, -0.1) is 0 Å². The average Bonchev–Trinajstić information content (AvgIpc) is 2.28. The van der Waals surface area contributed by atoms with E-state index >= 15 is 0 Å². The Kier molecular flexibility index (Phi) is 3.11. The summed E-state index contributed by atoms with van der Waals surface area (Å²) in [5, 5.41) is 9.46. The van der Waals surface area contributed by atoms with Crippen molar-refractivity contribution in [1.29, 1.82) is 0 Å². The third-order valence-electron chi connectivity index (χ3n) is 2.30. The first-order chi connectivity index (χ1) is 8.09. The second-order valence-electron chi connectivity index (χ2n) is 3.48. The molecule has 0 aliphatic carbocycles. The van der Waals surface area contributed by atoms with E-state index in [1.165, 1.54) is 0 Å². The molecule has 0 atom stereocenters. The van der Waals surface area contributed by atoms with Gasteiger partial charge in [0.05, 0.1) is 10.6 Å². The van der Waals surface area contributed by atoms with Crippen LogP contribution in [0.4, 0.5) is 4.39 Å². The Labute approximate surface area is 102 Å². The molecular formula is C13H8ClFO2. The highest BCUT2D eigenvalue weighted by Gasteiger charge is 2.18. The van der Waals surface area contributed by atoms with Gasteiger partial charge >= 0.3 is 0 Å². The van der Waals surface area contributed by atoms with E-state index in [4.69, 9.17) is 11.6 Å². The second kappa shape index (κ2) is 4.55. The number of halogens is 2. The molecule has 0 radical (unpaired) electrons. The highest BCUT2D eigenvalue weighted by atomic mass is 35.5. The molecule has 2 rings (SSSR count). The molecule has 0 saturated heterocycles. The SMILES string of the molecule is O=C(c1ccccc1)c1c(O)cc(F)cc1Cl. The normalized spacial score (nSPS) is 10.2.